The van der Waals surface area contributed by atoms with Gasteiger partial charge in [0.2, 0.25) is 5.91 Å². The van der Waals surface area contributed by atoms with Gasteiger partial charge in [0.05, 0.1) is 19.1 Å². The Bertz CT molecular complexity index is 679. The number of hydrogen-bond acceptors (Lipinski definition) is 4. The second kappa shape index (κ2) is 16.9. The summed E-state index contributed by atoms with van der Waals surface area (Å²) < 4.78 is 15.9. The van der Waals surface area contributed by atoms with Crippen molar-refractivity contribution in [1.82, 2.24) is 5.32 Å². The molecule has 0 aliphatic heterocycles. The van der Waals surface area contributed by atoms with Crippen molar-refractivity contribution in [2.75, 3.05) is 34.2 Å². The first-order chi connectivity index (χ1) is 16.3. The first kappa shape index (κ1) is 30.4. The van der Waals surface area contributed by atoms with Gasteiger partial charge in [0.15, 0.2) is 0 Å². The standard InChI is InChI=1S/C29H51NO4/c1-8-9-19-30-28(31)29(23(2)3,24(4)5)18-13-11-10-12-14-25-15-16-27(33-7)26(21-25)17-20-34-22-32-6/h15-16,21,23-24H,8-14,17-20,22H2,1-7H3,(H,30,31). The Morgan fingerprint density at radius 3 is 2.29 bits per heavy atom. The highest BCUT2D eigenvalue weighted by atomic mass is 16.7. The van der Waals surface area contributed by atoms with Gasteiger partial charge in [-0.2, -0.15) is 0 Å². The van der Waals surface area contributed by atoms with Crippen molar-refractivity contribution in [3.63, 3.8) is 0 Å². The van der Waals surface area contributed by atoms with E-state index in [4.69, 9.17) is 14.2 Å². The summed E-state index contributed by atoms with van der Waals surface area (Å²) in [6.07, 6.45) is 9.60. The average molecular weight is 478 g/mol. The zero-order chi connectivity index (χ0) is 25.4. The third kappa shape index (κ3) is 9.58. The summed E-state index contributed by atoms with van der Waals surface area (Å²) in [5.74, 6) is 1.84. The quantitative estimate of drug-likeness (QED) is 0.181. The van der Waals surface area contributed by atoms with Crippen LogP contribution in [0.4, 0.5) is 0 Å². The third-order valence-electron chi connectivity index (χ3n) is 7.17. The van der Waals surface area contributed by atoms with Crippen LogP contribution in [-0.2, 0) is 27.1 Å². The summed E-state index contributed by atoms with van der Waals surface area (Å²) in [6.45, 7) is 12.7. The first-order valence-corrected chi connectivity index (χ1v) is 13.3. The molecule has 0 unspecified atom stereocenters. The molecule has 34 heavy (non-hydrogen) atoms. The maximum Gasteiger partial charge on any atom is 0.226 e. The van der Waals surface area contributed by atoms with E-state index >= 15 is 0 Å². The highest BCUT2D eigenvalue weighted by Crippen LogP contribution is 2.41. The second-order valence-corrected chi connectivity index (χ2v) is 10.1. The molecule has 0 spiro atoms. The molecule has 1 rings (SSSR count). The number of carbonyl (C=O) groups excluding carboxylic acids is 1. The fourth-order valence-corrected chi connectivity index (χ4v) is 5.03. The molecule has 0 aliphatic carbocycles. The third-order valence-corrected chi connectivity index (χ3v) is 7.17. The predicted octanol–water partition coefficient (Wildman–Crippen LogP) is 6.57. The number of amides is 1. The normalized spacial score (nSPS) is 11.9. The van der Waals surface area contributed by atoms with Crippen molar-refractivity contribution in [3.05, 3.63) is 29.3 Å². The molecule has 196 valence electrons. The minimum atomic E-state index is -0.274. The smallest absolute Gasteiger partial charge is 0.226 e. The summed E-state index contributed by atoms with van der Waals surface area (Å²) in [5.41, 5.74) is 2.25. The Morgan fingerprint density at radius 2 is 1.68 bits per heavy atom. The summed E-state index contributed by atoms with van der Waals surface area (Å²) in [4.78, 5) is 13.2. The van der Waals surface area contributed by atoms with Crippen LogP contribution in [-0.4, -0.2) is 40.1 Å². The Hall–Kier alpha value is -1.59. The van der Waals surface area contributed by atoms with Crippen molar-refractivity contribution in [2.45, 2.75) is 92.4 Å². The van der Waals surface area contributed by atoms with Gasteiger partial charge in [-0.05, 0) is 61.1 Å². The van der Waals surface area contributed by atoms with Crippen molar-refractivity contribution in [3.8, 4) is 5.75 Å². The Morgan fingerprint density at radius 1 is 0.971 bits per heavy atom. The number of aryl methyl sites for hydroxylation is 1. The minimum Gasteiger partial charge on any atom is -0.496 e. The van der Waals surface area contributed by atoms with Crippen LogP contribution < -0.4 is 10.1 Å². The topological polar surface area (TPSA) is 56.8 Å². The highest BCUT2D eigenvalue weighted by molar-refractivity contribution is 5.83. The lowest BCUT2D eigenvalue weighted by Gasteiger charge is -2.40. The van der Waals surface area contributed by atoms with E-state index in [-0.39, 0.29) is 11.3 Å². The molecule has 0 heterocycles. The molecule has 1 aromatic carbocycles. The van der Waals surface area contributed by atoms with Gasteiger partial charge in [0, 0.05) is 13.7 Å². The van der Waals surface area contributed by atoms with E-state index < -0.39 is 0 Å². The van der Waals surface area contributed by atoms with E-state index in [1.807, 2.05) is 0 Å². The minimum absolute atomic E-state index is 0.256. The van der Waals surface area contributed by atoms with Gasteiger partial charge in [-0.25, -0.2) is 0 Å². The average Bonchev–Trinajstić information content (AvgIpc) is 2.81. The molecule has 1 amide bonds. The Labute approximate surface area is 209 Å². The van der Waals surface area contributed by atoms with Gasteiger partial charge in [0.1, 0.15) is 12.5 Å². The first-order valence-electron chi connectivity index (χ1n) is 13.3. The molecule has 1 aromatic rings. The Balaban J connectivity index is 2.55. The van der Waals surface area contributed by atoms with Gasteiger partial charge < -0.3 is 19.5 Å². The van der Waals surface area contributed by atoms with Crippen LogP contribution >= 0.6 is 0 Å². The largest absolute Gasteiger partial charge is 0.496 e. The van der Waals surface area contributed by atoms with Gasteiger partial charge >= 0.3 is 0 Å². The van der Waals surface area contributed by atoms with Gasteiger partial charge in [-0.1, -0.05) is 72.4 Å². The van der Waals surface area contributed by atoms with Gasteiger partial charge in [-0.3, -0.25) is 4.79 Å². The van der Waals surface area contributed by atoms with Crippen LogP contribution in [0.2, 0.25) is 0 Å². The molecule has 5 nitrogen and oxygen atoms in total. The fraction of sp³-hybridized carbons (Fsp3) is 0.759. The number of hydrogen-bond donors (Lipinski definition) is 1. The van der Waals surface area contributed by atoms with Crippen molar-refractivity contribution >= 4 is 5.91 Å². The SMILES string of the molecule is CCCCNC(=O)C(CCCCCCc1ccc(OC)c(CCOCOC)c1)(C(C)C)C(C)C. The van der Waals surface area contributed by atoms with E-state index in [2.05, 4.69) is 58.1 Å². The van der Waals surface area contributed by atoms with Gasteiger partial charge in [-0.15, -0.1) is 0 Å². The predicted molar refractivity (Wildman–Crippen MR) is 141 cm³/mol. The van der Waals surface area contributed by atoms with E-state index in [9.17, 15) is 4.79 Å². The number of benzene rings is 1. The van der Waals surface area contributed by atoms with E-state index in [1.165, 1.54) is 17.5 Å². The van der Waals surface area contributed by atoms with Crippen LogP contribution in [0.3, 0.4) is 0 Å². The van der Waals surface area contributed by atoms with Crippen molar-refractivity contribution < 1.29 is 19.0 Å². The molecule has 0 aliphatic rings. The van der Waals surface area contributed by atoms with E-state index in [1.54, 1.807) is 14.2 Å². The van der Waals surface area contributed by atoms with Crippen LogP contribution in [0.25, 0.3) is 0 Å². The van der Waals surface area contributed by atoms with Crippen molar-refractivity contribution in [1.29, 1.82) is 0 Å². The molecule has 0 bridgehead atoms. The van der Waals surface area contributed by atoms with Crippen LogP contribution in [0.15, 0.2) is 18.2 Å². The second-order valence-electron chi connectivity index (χ2n) is 10.1. The summed E-state index contributed by atoms with van der Waals surface area (Å²) in [5, 5.41) is 3.23. The Kier molecular flexibility index (Phi) is 15.2. The lowest BCUT2D eigenvalue weighted by atomic mass is 9.65. The number of nitrogens with one attached hydrogen (secondary N) is 1. The molecular formula is C29H51NO4. The highest BCUT2D eigenvalue weighted by Gasteiger charge is 2.43. The molecular weight excluding hydrogens is 426 g/mol. The monoisotopic (exact) mass is 477 g/mol. The molecule has 0 saturated carbocycles. The molecule has 0 aromatic heterocycles. The maximum absolute atomic E-state index is 13.2. The molecule has 0 radical (unpaired) electrons. The molecule has 5 heteroatoms. The van der Waals surface area contributed by atoms with Gasteiger partial charge in [0.25, 0.3) is 0 Å². The number of unbranched alkanes of at least 4 members (excludes halogenated alkanes) is 4. The lowest BCUT2D eigenvalue weighted by Crippen LogP contribution is -2.48. The molecule has 0 fully saturated rings. The molecule has 1 N–H and O–H groups in total. The number of rotatable bonds is 19. The summed E-state index contributed by atoms with van der Waals surface area (Å²) in [7, 11) is 3.35. The summed E-state index contributed by atoms with van der Waals surface area (Å²) >= 11 is 0. The van der Waals surface area contributed by atoms with E-state index in [0.29, 0.717) is 25.2 Å². The number of ether oxygens (including phenoxy) is 3. The number of methoxy groups -OCH3 is 2. The zero-order valence-electron chi connectivity index (χ0n) is 23.0. The lowest BCUT2D eigenvalue weighted by molar-refractivity contribution is -0.137. The fourth-order valence-electron chi connectivity index (χ4n) is 5.03. The van der Waals surface area contributed by atoms with Crippen LogP contribution in [0.5, 0.6) is 5.75 Å². The van der Waals surface area contributed by atoms with Crippen LogP contribution in [0, 0.1) is 17.3 Å². The molecule has 0 saturated heterocycles. The summed E-state index contributed by atoms with van der Waals surface area (Å²) in [6, 6.07) is 6.48. The number of carbonyl (C=O) groups is 1. The van der Waals surface area contributed by atoms with E-state index in [0.717, 1.165) is 63.7 Å². The zero-order valence-corrected chi connectivity index (χ0v) is 23.0. The van der Waals surface area contributed by atoms with Crippen LogP contribution in [0.1, 0.15) is 90.7 Å². The van der Waals surface area contributed by atoms with Crippen molar-refractivity contribution in [2.24, 2.45) is 17.3 Å². The maximum atomic E-state index is 13.2. The molecule has 0 atom stereocenters.